The summed E-state index contributed by atoms with van der Waals surface area (Å²) >= 11 is 0. The van der Waals surface area contributed by atoms with Crippen LogP contribution >= 0.6 is 0 Å². The number of hydrogen-bond acceptors (Lipinski definition) is 3. The van der Waals surface area contributed by atoms with Crippen LogP contribution in [0, 0.1) is 0 Å². The number of nitrogens with one attached hydrogen (secondary N) is 1. The highest BCUT2D eigenvalue weighted by Gasteiger charge is 2.18. The first kappa shape index (κ1) is 13.9. The molecule has 1 aromatic rings. The molecule has 1 aromatic heterocycles. The number of rotatable bonds is 5. The average Bonchev–Trinajstić information content (AvgIpc) is 2.25. The molecule has 0 aliphatic rings. The maximum atomic E-state index is 4.67. The molecular formula is C14H25N3. The second-order valence-electron chi connectivity index (χ2n) is 5.45. The highest BCUT2D eigenvalue weighted by atomic mass is 15.0. The number of aryl methyl sites for hydroxylation is 1. The van der Waals surface area contributed by atoms with E-state index in [2.05, 4.69) is 56.0 Å². The van der Waals surface area contributed by atoms with Crippen LogP contribution in [0.3, 0.4) is 0 Å². The monoisotopic (exact) mass is 235 g/mol. The lowest BCUT2D eigenvalue weighted by atomic mass is 9.95. The fraction of sp³-hybridized carbons (Fsp3) is 0.714. The van der Waals surface area contributed by atoms with E-state index in [4.69, 9.17) is 0 Å². The molecular weight excluding hydrogens is 210 g/mol. The zero-order valence-electron chi connectivity index (χ0n) is 11.8. The number of unbranched alkanes of at least 4 members (excludes halogenated alkanes) is 1. The molecule has 0 saturated carbocycles. The summed E-state index contributed by atoms with van der Waals surface area (Å²) in [5, 5.41) is 3.29. The third kappa shape index (κ3) is 4.33. The van der Waals surface area contributed by atoms with Crippen molar-refractivity contribution in [3.8, 4) is 0 Å². The third-order valence-electron chi connectivity index (χ3n) is 2.59. The molecule has 0 atom stereocenters. The van der Waals surface area contributed by atoms with Gasteiger partial charge in [-0.3, -0.25) is 0 Å². The SMILES string of the molecule is CCCCc1cc(NCC)nc(C(C)(C)C)n1. The summed E-state index contributed by atoms with van der Waals surface area (Å²) < 4.78 is 0. The van der Waals surface area contributed by atoms with Crippen LogP contribution in [0.1, 0.15) is 59.0 Å². The standard InChI is InChI=1S/C14H25N3/c1-6-8-9-11-10-12(15-7-2)17-13(16-11)14(3,4)5/h10H,6-9H2,1-5H3,(H,15,16,17). The van der Waals surface area contributed by atoms with Crippen LogP contribution in [-0.2, 0) is 11.8 Å². The largest absolute Gasteiger partial charge is 0.370 e. The summed E-state index contributed by atoms with van der Waals surface area (Å²) in [7, 11) is 0. The molecule has 0 bridgehead atoms. The summed E-state index contributed by atoms with van der Waals surface area (Å²) in [5.74, 6) is 1.89. The predicted octanol–water partition coefficient (Wildman–Crippen LogP) is 3.55. The van der Waals surface area contributed by atoms with Gasteiger partial charge < -0.3 is 5.32 Å². The van der Waals surface area contributed by atoms with E-state index in [1.807, 2.05) is 0 Å². The first-order valence-corrected chi connectivity index (χ1v) is 6.59. The highest BCUT2D eigenvalue weighted by Crippen LogP contribution is 2.21. The Morgan fingerprint density at radius 3 is 2.41 bits per heavy atom. The molecule has 0 amide bonds. The fourth-order valence-corrected chi connectivity index (χ4v) is 1.59. The van der Waals surface area contributed by atoms with Crippen molar-refractivity contribution in [1.82, 2.24) is 9.97 Å². The van der Waals surface area contributed by atoms with E-state index in [9.17, 15) is 0 Å². The Hall–Kier alpha value is -1.12. The van der Waals surface area contributed by atoms with Gasteiger partial charge >= 0.3 is 0 Å². The Morgan fingerprint density at radius 1 is 1.18 bits per heavy atom. The molecule has 1 heterocycles. The lowest BCUT2D eigenvalue weighted by Gasteiger charge is -2.18. The Balaban J connectivity index is 3.01. The van der Waals surface area contributed by atoms with E-state index in [1.165, 1.54) is 12.8 Å². The Morgan fingerprint density at radius 2 is 1.88 bits per heavy atom. The van der Waals surface area contributed by atoms with Crippen molar-refractivity contribution in [3.63, 3.8) is 0 Å². The Bertz CT molecular complexity index is 353. The first-order valence-electron chi connectivity index (χ1n) is 6.59. The highest BCUT2D eigenvalue weighted by molar-refractivity contribution is 5.36. The van der Waals surface area contributed by atoms with E-state index in [0.29, 0.717) is 0 Å². The molecule has 0 fully saturated rings. The molecule has 1 N–H and O–H groups in total. The van der Waals surface area contributed by atoms with Gasteiger partial charge in [0.1, 0.15) is 11.6 Å². The van der Waals surface area contributed by atoms with Gasteiger partial charge in [0.2, 0.25) is 0 Å². The molecule has 3 heteroatoms. The van der Waals surface area contributed by atoms with Gasteiger partial charge in [0, 0.05) is 23.7 Å². The summed E-state index contributed by atoms with van der Waals surface area (Å²) in [6, 6.07) is 2.08. The van der Waals surface area contributed by atoms with Crippen LogP contribution in [0.5, 0.6) is 0 Å². The van der Waals surface area contributed by atoms with Gasteiger partial charge in [-0.1, -0.05) is 34.1 Å². The predicted molar refractivity (Wildman–Crippen MR) is 73.5 cm³/mol. The molecule has 0 aliphatic heterocycles. The number of anilines is 1. The molecule has 0 saturated heterocycles. The lowest BCUT2D eigenvalue weighted by molar-refractivity contribution is 0.541. The van der Waals surface area contributed by atoms with Crippen molar-refractivity contribution < 1.29 is 0 Å². The first-order chi connectivity index (χ1) is 7.97. The molecule has 1 rings (SSSR count). The van der Waals surface area contributed by atoms with Gasteiger partial charge in [-0.2, -0.15) is 0 Å². The van der Waals surface area contributed by atoms with Crippen molar-refractivity contribution in [1.29, 1.82) is 0 Å². The maximum Gasteiger partial charge on any atom is 0.136 e. The van der Waals surface area contributed by atoms with Crippen LogP contribution in [0.15, 0.2) is 6.07 Å². The fourth-order valence-electron chi connectivity index (χ4n) is 1.59. The maximum absolute atomic E-state index is 4.67. The lowest BCUT2D eigenvalue weighted by Crippen LogP contribution is -2.18. The topological polar surface area (TPSA) is 37.8 Å². The zero-order valence-corrected chi connectivity index (χ0v) is 11.8. The van der Waals surface area contributed by atoms with Gasteiger partial charge in [0.15, 0.2) is 0 Å². The minimum Gasteiger partial charge on any atom is -0.370 e. The second-order valence-corrected chi connectivity index (χ2v) is 5.45. The van der Waals surface area contributed by atoms with E-state index in [-0.39, 0.29) is 5.41 Å². The van der Waals surface area contributed by atoms with E-state index in [0.717, 1.165) is 30.3 Å². The van der Waals surface area contributed by atoms with Crippen molar-refractivity contribution in [2.24, 2.45) is 0 Å². The van der Waals surface area contributed by atoms with E-state index in [1.54, 1.807) is 0 Å². The quantitative estimate of drug-likeness (QED) is 0.848. The summed E-state index contributed by atoms with van der Waals surface area (Å²) in [5.41, 5.74) is 1.16. The van der Waals surface area contributed by atoms with Crippen LogP contribution in [0.4, 0.5) is 5.82 Å². The molecule has 0 unspecified atom stereocenters. The Labute approximate surface area is 105 Å². The summed E-state index contributed by atoms with van der Waals surface area (Å²) in [6.07, 6.45) is 3.43. The van der Waals surface area contributed by atoms with Crippen LogP contribution in [-0.4, -0.2) is 16.5 Å². The van der Waals surface area contributed by atoms with E-state index >= 15 is 0 Å². The van der Waals surface area contributed by atoms with Crippen molar-refractivity contribution in [2.75, 3.05) is 11.9 Å². The molecule has 96 valence electrons. The normalized spacial score (nSPS) is 11.6. The summed E-state index contributed by atoms with van der Waals surface area (Å²) in [4.78, 5) is 9.25. The van der Waals surface area contributed by atoms with Gasteiger partial charge in [-0.05, 0) is 19.8 Å². The average molecular weight is 235 g/mol. The van der Waals surface area contributed by atoms with E-state index < -0.39 is 0 Å². The number of nitrogens with zero attached hydrogens (tertiary/aromatic N) is 2. The van der Waals surface area contributed by atoms with Gasteiger partial charge in [0.05, 0.1) is 0 Å². The molecule has 0 aromatic carbocycles. The van der Waals surface area contributed by atoms with Crippen molar-refractivity contribution in [2.45, 2.75) is 59.3 Å². The number of aromatic nitrogens is 2. The van der Waals surface area contributed by atoms with Gasteiger partial charge in [-0.15, -0.1) is 0 Å². The number of hydrogen-bond donors (Lipinski definition) is 1. The van der Waals surface area contributed by atoms with Crippen LogP contribution in [0.2, 0.25) is 0 Å². The van der Waals surface area contributed by atoms with Crippen LogP contribution in [0.25, 0.3) is 0 Å². The molecule has 0 radical (unpaired) electrons. The minimum absolute atomic E-state index is 0.00635. The molecule has 0 spiro atoms. The minimum atomic E-state index is 0.00635. The van der Waals surface area contributed by atoms with Gasteiger partial charge in [0.25, 0.3) is 0 Å². The third-order valence-corrected chi connectivity index (χ3v) is 2.59. The summed E-state index contributed by atoms with van der Waals surface area (Å²) in [6.45, 7) is 11.7. The smallest absolute Gasteiger partial charge is 0.136 e. The van der Waals surface area contributed by atoms with Crippen LogP contribution < -0.4 is 5.32 Å². The van der Waals surface area contributed by atoms with Crippen molar-refractivity contribution in [3.05, 3.63) is 17.6 Å². The Kier molecular flexibility index (Phi) is 4.91. The second kappa shape index (κ2) is 5.99. The molecule has 0 aliphatic carbocycles. The van der Waals surface area contributed by atoms with Gasteiger partial charge in [-0.25, -0.2) is 9.97 Å². The molecule has 17 heavy (non-hydrogen) atoms. The van der Waals surface area contributed by atoms with Crippen molar-refractivity contribution >= 4 is 5.82 Å². The molecule has 3 nitrogen and oxygen atoms in total. The zero-order chi connectivity index (χ0) is 12.9.